The molecule has 14 heavy (non-hydrogen) atoms. The van der Waals surface area contributed by atoms with Crippen LogP contribution in [0.25, 0.3) is 0 Å². The van der Waals surface area contributed by atoms with Crippen LogP contribution in [0.3, 0.4) is 0 Å². The van der Waals surface area contributed by atoms with Crippen LogP contribution in [0.1, 0.15) is 12.8 Å². The number of carbonyl (C=O) groups is 1. The molecule has 0 spiro atoms. The second kappa shape index (κ2) is 5.58. The molecule has 1 rings (SSSR count). The van der Waals surface area contributed by atoms with E-state index < -0.39 is 18.1 Å². The predicted molar refractivity (Wildman–Crippen MR) is 56.0 cm³/mol. The lowest BCUT2D eigenvalue weighted by Gasteiger charge is -2.19. The summed E-state index contributed by atoms with van der Waals surface area (Å²) in [7, 11) is 1.31. The molecule has 82 valence electrons. The summed E-state index contributed by atoms with van der Waals surface area (Å²) in [6.07, 6.45) is 0.844. The van der Waals surface area contributed by atoms with E-state index in [4.69, 9.17) is 5.73 Å². The van der Waals surface area contributed by atoms with Gasteiger partial charge in [0.2, 0.25) is 0 Å². The number of aliphatic hydroxyl groups is 1. The Morgan fingerprint density at radius 3 is 3.00 bits per heavy atom. The van der Waals surface area contributed by atoms with Crippen molar-refractivity contribution in [2.24, 2.45) is 11.7 Å². The molecule has 1 aliphatic rings. The first kappa shape index (κ1) is 11.8. The minimum atomic E-state index is -0.694. The second-order valence-corrected chi connectivity index (χ2v) is 4.71. The molecule has 0 radical (unpaired) electrons. The SMILES string of the molecule is COC(=O)C(N)CC(O)C1CCSC1. The maximum absolute atomic E-state index is 11.0. The molecule has 3 atom stereocenters. The maximum Gasteiger partial charge on any atom is 0.322 e. The van der Waals surface area contributed by atoms with Crippen molar-refractivity contribution < 1.29 is 14.6 Å². The standard InChI is InChI=1S/C9H17NO3S/c1-13-9(12)7(10)4-8(11)6-2-3-14-5-6/h6-8,11H,2-5,10H2,1H3. The van der Waals surface area contributed by atoms with Crippen LogP contribution in [-0.4, -0.2) is 41.8 Å². The minimum absolute atomic E-state index is 0.288. The molecule has 1 heterocycles. The highest BCUT2D eigenvalue weighted by molar-refractivity contribution is 7.99. The number of nitrogens with two attached hydrogens (primary N) is 1. The molecule has 0 aromatic carbocycles. The summed E-state index contributed by atoms with van der Waals surface area (Å²) in [5.41, 5.74) is 5.55. The zero-order chi connectivity index (χ0) is 10.6. The molecule has 0 aliphatic carbocycles. The molecular formula is C9H17NO3S. The fourth-order valence-electron chi connectivity index (χ4n) is 1.56. The Kier molecular flexibility index (Phi) is 4.71. The van der Waals surface area contributed by atoms with E-state index in [0.717, 1.165) is 17.9 Å². The van der Waals surface area contributed by atoms with E-state index in [2.05, 4.69) is 4.74 Å². The lowest BCUT2D eigenvalue weighted by Crippen LogP contribution is -2.37. The first-order chi connectivity index (χ1) is 6.65. The smallest absolute Gasteiger partial charge is 0.322 e. The van der Waals surface area contributed by atoms with E-state index in [1.165, 1.54) is 7.11 Å². The fraction of sp³-hybridized carbons (Fsp3) is 0.889. The van der Waals surface area contributed by atoms with Crippen LogP contribution in [0.2, 0.25) is 0 Å². The van der Waals surface area contributed by atoms with Gasteiger partial charge in [0.1, 0.15) is 6.04 Å². The maximum atomic E-state index is 11.0. The molecule has 0 aromatic heterocycles. The van der Waals surface area contributed by atoms with Gasteiger partial charge in [0, 0.05) is 0 Å². The van der Waals surface area contributed by atoms with Gasteiger partial charge in [-0.3, -0.25) is 4.79 Å². The topological polar surface area (TPSA) is 72.5 Å². The summed E-state index contributed by atoms with van der Waals surface area (Å²) in [5.74, 6) is 1.90. The van der Waals surface area contributed by atoms with E-state index in [1.54, 1.807) is 0 Å². The molecule has 3 unspecified atom stereocenters. The molecule has 1 saturated heterocycles. The number of thioether (sulfide) groups is 1. The number of rotatable bonds is 4. The van der Waals surface area contributed by atoms with Crippen molar-refractivity contribution in [3.63, 3.8) is 0 Å². The molecule has 0 amide bonds. The van der Waals surface area contributed by atoms with Crippen molar-refractivity contribution in [1.82, 2.24) is 0 Å². The van der Waals surface area contributed by atoms with Gasteiger partial charge in [-0.1, -0.05) is 0 Å². The van der Waals surface area contributed by atoms with E-state index >= 15 is 0 Å². The highest BCUT2D eigenvalue weighted by atomic mass is 32.2. The number of carbonyl (C=O) groups excluding carboxylic acids is 1. The van der Waals surface area contributed by atoms with Gasteiger partial charge in [-0.05, 0) is 30.3 Å². The van der Waals surface area contributed by atoms with Gasteiger partial charge in [-0.15, -0.1) is 0 Å². The first-order valence-electron chi connectivity index (χ1n) is 4.74. The second-order valence-electron chi connectivity index (χ2n) is 3.56. The summed E-state index contributed by atoms with van der Waals surface area (Å²) in [5, 5.41) is 9.76. The van der Waals surface area contributed by atoms with Crippen LogP contribution >= 0.6 is 11.8 Å². The van der Waals surface area contributed by atoms with Gasteiger partial charge in [-0.2, -0.15) is 11.8 Å². The monoisotopic (exact) mass is 219 g/mol. The Balaban J connectivity index is 2.31. The van der Waals surface area contributed by atoms with Crippen molar-refractivity contribution >= 4 is 17.7 Å². The van der Waals surface area contributed by atoms with Gasteiger partial charge in [0.05, 0.1) is 13.2 Å². The summed E-state index contributed by atoms with van der Waals surface area (Å²) in [4.78, 5) is 11.0. The summed E-state index contributed by atoms with van der Waals surface area (Å²) in [6.45, 7) is 0. The molecule has 5 heteroatoms. The van der Waals surface area contributed by atoms with Crippen LogP contribution in [0, 0.1) is 5.92 Å². The zero-order valence-electron chi connectivity index (χ0n) is 8.31. The highest BCUT2D eigenvalue weighted by Gasteiger charge is 2.27. The summed E-state index contributed by atoms with van der Waals surface area (Å²) < 4.78 is 4.50. The molecule has 0 bridgehead atoms. The Labute approximate surface area is 88.2 Å². The third-order valence-corrected chi connectivity index (χ3v) is 3.70. The van der Waals surface area contributed by atoms with Crippen molar-refractivity contribution in [3.05, 3.63) is 0 Å². The number of ether oxygens (including phenoxy) is 1. The Morgan fingerprint density at radius 1 is 1.79 bits per heavy atom. The van der Waals surface area contributed by atoms with Crippen LogP contribution in [-0.2, 0) is 9.53 Å². The largest absolute Gasteiger partial charge is 0.468 e. The van der Waals surface area contributed by atoms with Crippen molar-refractivity contribution in [1.29, 1.82) is 0 Å². The van der Waals surface area contributed by atoms with Gasteiger partial charge in [0.15, 0.2) is 0 Å². The van der Waals surface area contributed by atoms with Gasteiger partial charge < -0.3 is 15.6 Å². The van der Waals surface area contributed by atoms with Crippen molar-refractivity contribution in [3.8, 4) is 0 Å². The molecule has 1 aliphatic heterocycles. The Bertz CT molecular complexity index is 194. The van der Waals surface area contributed by atoms with Crippen LogP contribution in [0.4, 0.5) is 0 Å². The average molecular weight is 219 g/mol. The molecule has 0 saturated carbocycles. The molecule has 0 aromatic rings. The number of hydrogen-bond acceptors (Lipinski definition) is 5. The van der Waals surface area contributed by atoms with E-state index in [0.29, 0.717) is 6.42 Å². The lowest BCUT2D eigenvalue weighted by atomic mass is 9.96. The van der Waals surface area contributed by atoms with E-state index in [-0.39, 0.29) is 5.92 Å². The predicted octanol–water partition coefficient (Wildman–Crippen LogP) is -0.00920. The molecular weight excluding hydrogens is 202 g/mol. The van der Waals surface area contributed by atoms with Crippen molar-refractivity contribution in [2.75, 3.05) is 18.6 Å². The van der Waals surface area contributed by atoms with Crippen LogP contribution < -0.4 is 5.73 Å². The van der Waals surface area contributed by atoms with Crippen molar-refractivity contribution in [2.45, 2.75) is 25.0 Å². The minimum Gasteiger partial charge on any atom is -0.468 e. The Hall–Kier alpha value is -0.260. The van der Waals surface area contributed by atoms with E-state index in [1.807, 2.05) is 11.8 Å². The Morgan fingerprint density at radius 2 is 2.50 bits per heavy atom. The normalized spacial score (nSPS) is 25.8. The summed E-state index contributed by atoms with van der Waals surface area (Å²) >= 11 is 1.83. The lowest BCUT2D eigenvalue weighted by molar-refractivity contribution is -0.143. The van der Waals surface area contributed by atoms with Gasteiger partial charge in [0.25, 0.3) is 0 Å². The first-order valence-corrected chi connectivity index (χ1v) is 5.90. The van der Waals surface area contributed by atoms with Gasteiger partial charge in [-0.25, -0.2) is 0 Å². The zero-order valence-corrected chi connectivity index (χ0v) is 9.13. The number of hydrogen-bond donors (Lipinski definition) is 2. The van der Waals surface area contributed by atoms with Gasteiger partial charge >= 0.3 is 5.97 Å². The quantitative estimate of drug-likeness (QED) is 0.651. The highest BCUT2D eigenvalue weighted by Crippen LogP contribution is 2.27. The van der Waals surface area contributed by atoms with Crippen LogP contribution in [0.5, 0.6) is 0 Å². The number of aliphatic hydroxyl groups excluding tert-OH is 1. The number of methoxy groups -OCH3 is 1. The third-order valence-electron chi connectivity index (χ3n) is 2.51. The fourth-order valence-corrected chi connectivity index (χ4v) is 2.88. The average Bonchev–Trinajstić information content (AvgIpc) is 2.69. The van der Waals surface area contributed by atoms with Crippen LogP contribution in [0.15, 0.2) is 0 Å². The molecule has 3 N–H and O–H groups in total. The van der Waals surface area contributed by atoms with E-state index in [9.17, 15) is 9.90 Å². The number of esters is 1. The summed E-state index contributed by atoms with van der Waals surface area (Å²) in [6, 6.07) is -0.694. The third kappa shape index (κ3) is 3.15. The molecule has 1 fully saturated rings. The molecule has 4 nitrogen and oxygen atoms in total.